The molecular weight excluding hydrogens is 510 g/mol. The molecule has 2 amide bonds. The maximum Gasteiger partial charge on any atom is 0.306 e. The summed E-state index contributed by atoms with van der Waals surface area (Å²) < 4.78 is 7.27. The molecule has 1 saturated heterocycles. The molecule has 0 aromatic carbocycles. The highest BCUT2D eigenvalue weighted by molar-refractivity contribution is 8.00. The lowest BCUT2D eigenvalue weighted by atomic mass is 10.0. The van der Waals surface area contributed by atoms with Gasteiger partial charge in [-0.1, -0.05) is 16.3 Å². The SMILES string of the molecule is C=Nn1cc[n+](CC2=C(C(=O)[O-])N3C(=O)[C@@H](NC(=O)/C(=N\OC)c4nsc(N)n4)[C@H]3SC2)c1/C=C\C. The predicted molar refractivity (Wildman–Crippen MR) is 129 cm³/mol. The van der Waals surface area contributed by atoms with E-state index in [1.54, 1.807) is 27.7 Å². The number of nitrogens with one attached hydrogen (secondary N) is 1. The Morgan fingerprint density at radius 1 is 1.50 bits per heavy atom. The van der Waals surface area contributed by atoms with Crippen LogP contribution in [0.2, 0.25) is 0 Å². The Labute approximate surface area is 213 Å². The van der Waals surface area contributed by atoms with Crippen molar-refractivity contribution in [3.63, 3.8) is 0 Å². The standard InChI is InChI=1S/C20H21N9O5S2/c1-4-5-11-27(6-7-28(11)22-2)8-10-9-35-18-13(17(31)29(18)14(10)19(32)33)23-16(30)12(25-34-3)15-24-20(21)36-26-15/h4-7,13,18H,2,8-9H2,1,3H3,(H3-,21,23,24,26,30,32,33)/b5-4-,25-12-/t13-,18-/m1/s1. The number of allylic oxidation sites excluding steroid dienone is 1. The minimum Gasteiger partial charge on any atom is -0.543 e. The number of hydrogen-bond donors (Lipinski definition) is 2. The zero-order chi connectivity index (χ0) is 26.0. The van der Waals surface area contributed by atoms with Gasteiger partial charge >= 0.3 is 5.82 Å². The van der Waals surface area contributed by atoms with E-state index in [9.17, 15) is 19.5 Å². The number of β-lactam (4-membered cyclic amide) rings is 1. The predicted octanol–water partition coefficient (Wildman–Crippen LogP) is -1.84. The third kappa shape index (κ3) is 4.47. The number of oxime groups is 1. The number of nitrogens with two attached hydrogens (primary N) is 1. The van der Waals surface area contributed by atoms with Crippen LogP contribution in [0.1, 0.15) is 18.6 Å². The number of nitrogen functional groups attached to an aromatic ring is 1. The monoisotopic (exact) mass is 531 g/mol. The largest absolute Gasteiger partial charge is 0.543 e. The highest BCUT2D eigenvalue weighted by atomic mass is 32.2. The number of carboxylic acids is 1. The molecule has 2 aliphatic heterocycles. The lowest BCUT2D eigenvalue weighted by molar-refractivity contribution is -0.690. The zero-order valence-corrected chi connectivity index (χ0v) is 20.8. The van der Waals surface area contributed by atoms with Crippen LogP contribution in [0.5, 0.6) is 0 Å². The lowest BCUT2D eigenvalue weighted by Gasteiger charge is -2.50. The lowest BCUT2D eigenvalue weighted by Crippen LogP contribution is -2.71. The fourth-order valence-electron chi connectivity index (χ4n) is 3.82. The summed E-state index contributed by atoms with van der Waals surface area (Å²) in [6.45, 7) is 5.55. The number of aromatic nitrogens is 4. The molecule has 0 unspecified atom stereocenters. The van der Waals surface area contributed by atoms with Crippen molar-refractivity contribution in [2.75, 3.05) is 18.6 Å². The van der Waals surface area contributed by atoms with Crippen molar-refractivity contribution in [1.82, 2.24) is 24.3 Å². The quantitative estimate of drug-likeness (QED) is 0.162. The summed E-state index contributed by atoms with van der Waals surface area (Å²) in [7, 11) is 1.24. The molecule has 0 saturated carbocycles. The van der Waals surface area contributed by atoms with Crippen LogP contribution < -0.4 is 20.7 Å². The van der Waals surface area contributed by atoms with E-state index in [4.69, 9.17) is 10.6 Å². The van der Waals surface area contributed by atoms with Gasteiger partial charge in [0, 0.05) is 35.7 Å². The summed E-state index contributed by atoms with van der Waals surface area (Å²) in [4.78, 5) is 47.7. The van der Waals surface area contributed by atoms with Crippen LogP contribution in [0.15, 0.2) is 40.0 Å². The molecule has 2 aromatic heterocycles. The topological polar surface area (TPSA) is 184 Å². The van der Waals surface area contributed by atoms with Crippen molar-refractivity contribution in [2.45, 2.75) is 24.9 Å². The summed E-state index contributed by atoms with van der Waals surface area (Å²) in [6, 6.07) is -0.992. The Morgan fingerprint density at radius 2 is 2.28 bits per heavy atom. The first-order valence-corrected chi connectivity index (χ1v) is 12.2. The molecule has 0 bridgehead atoms. The van der Waals surface area contributed by atoms with E-state index in [1.807, 2.05) is 13.0 Å². The van der Waals surface area contributed by atoms with Gasteiger partial charge in [0.05, 0.1) is 11.7 Å². The van der Waals surface area contributed by atoms with Gasteiger partial charge in [-0.2, -0.15) is 9.36 Å². The minimum absolute atomic E-state index is 0.0516. The van der Waals surface area contributed by atoms with E-state index in [-0.39, 0.29) is 28.9 Å². The summed E-state index contributed by atoms with van der Waals surface area (Å²) in [5.74, 6) is -1.92. The number of imidazole rings is 1. The van der Waals surface area contributed by atoms with Gasteiger partial charge in [0.2, 0.25) is 11.5 Å². The van der Waals surface area contributed by atoms with Crippen LogP contribution in [0.25, 0.3) is 6.08 Å². The van der Waals surface area contributed by atoms with Gasteiger partial charge in [-0.3, -0.25) is 14.5 Å². The molecule has 4 heterocycles. The van der Waals surface area contributed by atoms with Crippen LogP contribution in [-0.4, -0.2) is 73.4 Å². The normalized spacial score (nSPS) is 19.8. The highest BCUT2D eigenvalue weighted by Gasteiger charge is 2.53. The molecule has 1 fully saturated rings. The van der Waals surface area contributed by atoms with Crippen molar-refractivity contribution in [1.29, 1.82) is 0 Å². The smallest absolute Gasteiger partial charge is 0.306 e. The van der Waals surface area contributed by atoms with Crippen LogP contribution in [0.3, 0.4) is 0 Å². The minimum atomic E-state index is -1.48. The third-order valence-electron chi connectivity index (χ3n) is 5.32. The van der Waals surface area contributed by atoms with E-state index < -0.39 is 29.2 Å². The highest BCUT2D eigenvalue weighted by Crippen LogP contribution is 2.40. The maximum absolute atomic E-state index is 13.0. The number of amides is 2. The second-order valence-corrected chi connectivity index (χ2v) is 9.34. The van der Waals surface area contributed by atoms with Gasteiger partial charge in [0.15, 0.2) is 11.3 Å². The second-order valence-electron chi connectivity index (χ2n) is 7.45. The number of thioether (sulfide) groups is 1. The van der Waals surface area contributed by atoms with E-state index in [0.717, 1.165) is 16.4 Å². The first-order valence-electron chi connectivity index (χ1n) is 10.4. The van der Waals surface area contributed by atoms with E-state index in [1.165, 1.54) is 18.9 Å². The van der Waals surface area contributed by atoms with Crippen molar-refractivity contribution in [3.05, 3.63) is 41.4 Å². The number of carbonyl (C=O) groups is 3. The number of rotatable bonds is 9. The molecule has 14 nitrogen and oxygen atoms in total. The average molecular weight is 532 g/mol. The van der Waals surface area contributed by atoms with Crippen molar-refractivity contribution in [2.24, 2.45) is 10.3 Å². The van der Waals surface area contributed by atoms with Gasteiger partial charge in [-0.05, 0) is 6.92 Å². The summed E-state index contributed by atoms with van der Waals surface area (Å²) in [6.07, 6.45) is 7.04. The van der Waals surface area contributed by atoms with Crippen LogP contribution in [-0.2, 0) is 25.8 Å². The fraction of sp³-hybridized carbons (Fsp3) is 0.300. The van der Waals surface area contributed by atoms with Crippen molar-refractivity contribution < 1.29 is 28.9 Å². The summed E-state index contributed by atoms with van der Waals surface area (Å²) in [5.41, 5.74) is 5.58. The number of nitrogens with zero attached hydrogens (tertiary/aromatic N) is 7. The molecule has 188 valence electrons. The molecule has 36 heavy (non-hydrogen) atoms. The van der Waals surface area contributed by atoms with E-state index in [2.05, 4.69) is 31.6 Å². The number of anilines is 1. The number of carboxylic acid groups (broad SMARTS) is 1. The molecule has 16 heteroatoms. The number of fused-ring (bicyclic) bond motifs is 1. The van der Waals surface area contributed by atoms with Crippen LogP contribution >= 0.6 is 23.3 Å². The van der Waals surface area contributed by atoms with Crippen LogP contribution in [0, 0.1) is 0 Å². The molecule has 3 N–H and O–H groups in total. The van der Waals surface area contributed by atoms with Gasteiger partial charge in [-0.15, -0.1) is 16.4 Å². The molecule has 0 aliphatic carbocycles. The maximum atomic E-state index is 13.0. The molecule has 4 rings (SSSR count). The number of carbonyl (C=O) groups excluding carboxylic acids is 3. The Morgan fingerprint density at radius 3 is 2.89 bits per heavy atom. The Kier molecular flexibility index (Phi) is 7.16. The van der Waals surface area contributed by atoms with E-state index >= 15 is 0 Å². The molecule has 0 radical (unpaired) electrons. The average Bonchev–Trinajstić information content (AvgIpc) is 3.46. The van der Waals surface area contributed by atoms with Gasteiger partial charge in [0.25, 0.3) is 11.8 Å². The number of aliphatic carboxylic acids is 1. The third-order valence-corrected chi connectivity index (χ3v) is 7.21. The Hall–Kier alpha value is -4.05. The molecule has 2 aromatic rings. The van der Waals surface area contributed by atoms with Gasteiger partial charge in [0.1, 0.15) is 31.3 Å². The Balaban J connectivity index is 1.56. The van der Waals surface area contributed by atoms with Gasteiger partial charge < -0.3 is 25.8 Å². The summed E-state index contributed by atoms with van der Waals surface area (Å²) >= 11 is 2.19. The first kappa shape index (κ1) is 25.1. The molecular formula is C20H21N9O5S2. The zero-order valence-electron chi connectivity index (χ0n) is 19.2. The number of hydrogen-bond acceptors (Lipinski definition) is 12. The van der Waals surface area contributed by atoms with Crippen LogP contribution in [0.4, 0.5) is 5.13 Å². The first-order chi connectivity index (χ1) is 17.3. The summed E-state index contributed by atoms with van der Waals surface area (Å²) in [5, 5.41) is 21.7. The Bertz CT molecular complexity index is 1330. The van der Waals surface area contributed by atoms with Crippen molar-refractivity contribution >= 4 is 64.7 Å². The van der Waals surface area contributed by atoms with E-state index in [0.29, 0.717) is 17.2 Å². The molecule has 2 atom stereocenters. The molecule has 2 aliphatic rings. The van der Waals surface area contributed by atoms with Crippen molar-refractivity contribution in [3.8, 4) is 0 Å². The molecule has 0 spiro atoms. The van der Waals surface area contributed by atoms with Gasteiger partial charge in [-0.25, -0.2) is 4.57 Å². The fourth-order valence-corrected chi connectivity index (χ4v) is 5.59. The second kappa shape index (κ2) is 10.3.